The Bertz CT molecular complexity index is 439. The van der Waals surface area contributed by atoms with Crippen molar-refractivity contribution in [1.82, 2.24) is 15.3 Å². The fourth-order valence-electron chi connectivity index (χ4n) is 2.60. The fraction of sp³-hybridized carbons (Fsp3) is 0.615. The monoisotopic (exact) mass is 265 g/mol. The lowest BCUT2D eigenvalue weighted by Gasteiger charge is -2.31. The van der Waals surface area contributed by atoms with Gasteiger partial charge in [0.2, 0.25) is 0 Å². The maximum Gasteiger partial charge on any atom is 0.339 e. The number of rotatable bonds is 5. The van der Waals surface area contributed by atoms with Crippen molar-refractivity contribution < 1.29 is 15.0 Å². The standard InChI is InChI=1S/C13H19N3O3/c17-7-9-3-1-2-4-11(9)15-6-12-10(13(18)19)5-14-8-16-12/h5,8-9,11,15,17H,1-4,6-7H2,(H,18,19). The quantitative estimate of drug-likeness (QED) is 0.729. The summed E-state index contributed by atoms with van der Waals surface area (Å²) in [6, 6.07) is 0.232. The van der Waals surface area contributed by atoms with Gasteiger partial charge < -0.3 is 15.5 Å². The maximum absolute atomic E-state index is 11.0. The van der Waals surface area contributed by atoms with E-state index in [9.17, 15) is 9.90 Å². The highest BCUT2D eigenvalue weighted by molar-refractivity contribution is 5.88. The van der Waals surface area contributed by atoms with Gasteiger partial charge in [-0.1, -0.05) is 12.8 Å². The molecule has 1 fully saturated rings. The van der Waals surface area contributed by atoms with E-state index in [0.29, 0.717) is 12.2 Å². The number of carboxylic acids is 1. The number of carbonyl (C=O) groups is 1. The SMILES string of the molecule is O=C(O)c1cncnc1CNC1CCCCC1CO. The van der Waals surface area contributed by atoms with Crippen LogP contribution >= 0.6 is 0 Å². The van der Waals surface area contributed by atoms with Gasteiger partial charge in [0.15, 0.2) is 0 Å². The lowest BCUT2D eigenvalue weighted by Crippen LogP contribution is -2.40. The number of aromatic nitrogens is 2. The zero-order chi connectivity index (χ0) is 13.7. The van der Waals surface area contributed by atoms with Crippen molar-refractivity contribution >= 4 is 5.97 Å². The molecule has 6 nitrogen and oxygen atoms in total. The van der Waals surface area contributed by atoms with Crippen molar-refractivity contribution in [2.24, 2.45) is 5.92 Å². The third kappa shape index (κ3) is 3.48. The Morgan fingerprint density at radius 1 is 1.42 bits per heavy atom. The number of aliphatic hydroxyl groups is 1. The number of hydrogen-bond donors (Lipinski definition) is 3. The molecular formula is C13H19N3O3. The minimum absolute atomic E-state index is 0.131. The van der Waals surface area contributed by atoms with Gasteiger partial charge in [-0.15, -0.1) is 0 Å². The Labute approximate surface area is 111 Å². The number of aliphatic hydroxyl groups excluding tert-OH is 1. The van der Waals surface area contributed by atoms with E-state index >= 15 is 0 Å². The maximum atomic E-state index is 11.0. The summed E-state index contributed by atoms with van der Waals surface area (Å²) >= 11 is 0. The Morgan fingerprint density at radius 3 is 2.95 bits per heavy atom. The molecule has 0 saturated heterocycles. The van der Waals surface area contributed by atoms with Crippen LogP contribution in [0.4, 0.5) is 0 Å². The van der Waals surface area contributed by atoms with Gasteiger partial charge in [0.25, 0.3) is 0 Å². The second-order valence-corrected chi connectivity index (χ2v) is 4.90. The van der Waals surface area contributed by atoms with Crippen LogP contribution in [0.3, 0.4) is 0 Å². The zero-order valence-corrected chi connectivity index (χ0v) is 10.7. The largest absolute Gasteiger partial charge is 0.478 e. The van der Waals surface area contributed by atoms with E-state index in [1.54, 1.807) is 0 Å². The van der Waals surface area contributed by atoms with Crippen molar-refractivity contribution in [2.75, 3.05) is 6.61 Å². The minimum atomic E-state index is -1.01. The van der Waals surface area contributed by atoms with E-state index in [0.717, 1.165) is 25.7 Å². The molecule has 19 heavy (non-hydrogen) atoms. The summed E-state index contributed by atoms with van der Waals surface area (Å²) in [4.78, 5) is 18.8. The molecular weight excluding hydrogens is 246 g/mol. The fourth-order valence-corrected chi connectivity index (χ4v) is 2.60. The van der Waals surface area contributed by atoms with Gasteiger partial charge >= 0.3 is 5.97 Å². The van der Waals surface area contributed by atoms with Crippen molar-refractivity contribution in [3.05, 3.63) is 23.8 Å². The van der Waals surface area contributed by atoms with Crippen molar-refractivity contribution in [3.8, 4) is 0 Å². The van der Waals surface area contributed by atoms with Gasteiger partial charge in [0, 0.05) is 25.4 Å². The highest BCUT2D eigenvalue weighted by Gasteiger charge is 2.24. The summed E-state index contributed by atoms with van der Waals surface area (Å²) in [5.74, 6) is -0.761. The summed E-state index contributed by atoms with van der Waals surface area (Å²) in [6.45, 7) is 0.568. The molecule has 1 aromatic heterocycles. The molecule has 6 heteroatoms. The normalized spacial score (nSPS) is 23.2. The molecule has 1 aliphatic carbocycles. The molecule has 2 atom stereocenters. The molecule has 3 N–H and O–H groups in total. The van der Waals surface area contributed by atoms with Gasteiger partial charge in [0.1, 0.15) is 11.9 Å². The number of hydrogen-bond acceptors (Lipinski definition) is 5. The summed E-state index contributed by atoms with van der Waals surface area (Å²) in [6.07, 6.45) is 6.99. The molecule has 0 radical (unpaired) electrons. The van der Waals surface area contributed by atoms with Crippen LogP contribution in [-0.4, -0.2) is 38.8 Å². The summed E-state index contributed by atoms with van der Waals surface area (Å²) < 4.78 is 0. The van der Waals surface area contributed by atoms with E-state index in [1.807, 2.05) is 0 Å². The number of aromatic carboxylic acids is 1. The molecule has 2 rings (SSSR count). The topological polar surface area (TPSA) is 95.3 Å². The number of carboxylic acid groups (broad SMARTS) is 1. The van der Waals surface area contributed by atoms with Gasteiger partial charge in [0.05, 0.1) is 5.69 Å². The Hall–Kier alpha value is -1.53. The Balaban J connectivity index is 2.00. The van der Waals surface area contributed by atoms with Crippen LogP contribution in [0.5, 0.6) is 0 Å². The summed E-state index contributed by atoms with van der Waals surface area (Å²) in [7, 11) is 0. The van der Waals surface area contributed by atoms with E-state index in [2.05, 4.69) is 15.3 Å². The predicted octanol–water partition coefficient (Wildman–Crippen LogP) is 0.815. The van der Waals surface area contributed by atoms with Crippen LogP contribution < -0.4 is 5.32 Å². The molecule has 0 amide bonds. The highest BCUT2D eigenvalue weighted by Crippen LogP contribution is 2.24. The summed E-state index contributed by atoms with van der Waals surface area (Å²) in [5.41, 5.74) is 0.621. The second-order valence-electron chi connectivity index (χ2n) is 4.90. The lowest BCUT2D eigenvalue weighted by molar-refractivity contribution is 0.0694. The van der Waals surface area contributed by atoms with Crippen molar-refractivity contribution in [3.63, 3.8) is 0 Å². The van der Waals surface area contributed by atoms with Crippen molar-refractivity contribution in [2.45, 2.75) is 38.3 Å². The summed E-state index contributed by atoms with van der Waals surface area (Å²) in [5, 5.41) is 21.7. The second kappa shape index (κ2) is 6.58. The molecule has 0 bridgehead atoms. The highest BCUT2D eigenvalue weighted by atomic mass is 16.4. The first kappa shape index (κ1) is 13.9. The van der Waals surface area contributed by atoms with Crippen LogP contribution in [0.1, 0.15) is 41.7 Å². The number of nitrogens with zero attached hydrogens (tertiary/aromatic N) is 2. The van der Waals surface area contributed by atoms with E-state index < -0.39 is 5.97 Å². The van der Waals surface area contributed by atoms with Crippen LogP contribution in [0, 0.1) is 5.92 Å². The smallest absolute Gasteiger partial charge is 0.339 e. The van der Waals surface area contributed by atoms with Crippen LogP contribution in [0.25, 0.3) is 0 Å². The van der Waals surface area contributed by atoms with Gasteiger partial charge in [-0.3, -0.25) is 0 Å². The van der Waals surface area contributed by atoms with Crippen molar-refractivity contribution in [1.29, 1.82) is 0 Å². The molecule has 0 aliphatic heterocycles. The molecule has 0 aromatic carbocycles. The average molecular weight is 265 g/mol. The first-order valence-corrected chi connectivity index (χ1v) is 6.58. The number of nitrogens with one attached hydrogen (secondary N) is 1. The Morgan fingerprint density at radius 2 is 2.21 bits per heavy atom. The first-order chi connectivity index (χ1) is 9.22. The Kier molecular flexibility index (Phi) is 4.81. The average Bonchev–Trinajstić information content (AvgIpc) is 2.45. The van der Waals surface area contributed by atoms with Gasteiger partial charge in [-0.05, 0) is 18.8 Å². The molecule has 0 spiro atoms. The van der Waals surface area contributed by atoms with E-state index in [-0.39, 0.29) is 24.1 Å². The third-order valence-corrected chi connectivity index (χ3v) is 3.70. The molecule has 2 unspecified atom stereocenters. The van der Waals surface area contributed by atoms with Crippen LogP contribution in [0.15, 0.2) is 12.5 Å². The molecule has 1 aromatic rings. The first-order valence-electron chi connectivity index (χ1n) is 6.58. The van der Waals surface area contributed by atoms with Crippen LogP contribution in [-0.2, 0) is 6.54 Å². The molecule has 1 heterocycles. The van der Waals surface area contributed by atoms with Gasteiger partial charge in [-0.2, -0.15) is 0 Å². The van der Waals surface area contributed by atoms with E-state index in [1.165, 1.54) is 12.5 Å². The minimum Gasteiger partial charge on any atom is -0.478 e. The molecule has 1 saturated carbocycles. The van der Waals surface area contributed by atoms with Gasteiger partial charge in [-0.25, -0.2) is 14.8 Å². The molecule has 104 valence electrons. The van der Waals surface area contributed by atoms with Crippen LogP contribution in [0.2, 0.25) is 0 Å². The lowest BCUT2D eigenvalue weighted by atomic mass is 9.85. The molecule has 1 aliphatic rings. The van der Waals surface area contributed by atoms with E-state index in [4.69, 9.17) is 5.11 Å². The zero-order valence-electron chi connectivity index (χ0n) is 10.7. The third-order valence-electron chi connectivity index (χ3n) is 3.70. The predicted molar refractivity (Wildman–Crippen MR) is 68.7 cm³/mol.